The van der Waals surface area contributed by atoms with E-state index in [-0.39, 0.29) is 23.8 Å². The van der Waals surface area contributed by atoms with Gasteiger partial charge in [0, 0.05) is 55.3 Å². The number of hydrogen-bond acceptors (Lipinski definition) is 6. The highest BCUT2D eigenvalue weighted by atomic mass is 32.2. The number of carbonyl (C=O) groups excluding carboxylic acids is 2. The van der Waals surface area contributed by atoms with Crippen molar-refractivity contribution in [2.45, 2.75) is 108 Å². The van der Waals surface area contributed by atoms with E-state index in [4.69, 9.17) is 4.74 Å². The van der Waals surface area contributed by atoms with Crippen LogP contribution in [-0.2, 0) is 26.2 Å². The second kappa shape index (κ2) is 12.1. The molecule has 6 aliphatic rings. The van der Waals surface area contributed by atoms with Gasteiger partial charge >= 0.3 is 0 Å². The van der Waals surface area contributed by atoms with E-state index in [0.29, 0.717) is 36.4 Å². The number of allylic oxidation sites excluding steroid dienone is 4. The fraction of sp³-hybridized carbons (Fsp3) is 0.590. The van der Waals surface area contributed by atoms with E-state index in [1.165, 1.54) is 24.8 Å². The first kappa shape index (κ1) is 32.8. The zero-order chi connectivity index (χ0) is 34.4. The Morgan fingerprint density at radius 1 is 1.04 bits per heavy atom. The molecule has 49 heavy (non-hydrogen) atoms. The van der Waals surface area contributed by atoms with Crippen molar-refractivity contribution in [3.8, 4) is 5.75 Å². The van der Waals surface area contributed by atoms with Crippen molar-refractivity contribution in [2.75, 3.05) is 26.7 Å². The van der Waals surface area contributed by atoms with E-state index >= 15 is 0 Å². The number of piperazine rings is 1. The third kappa shape index (κ3) is 5.39. The summed E-state index contributed by atoms with van der Waals surface area (Å²) < 4.78 is 36.3. The van der Waals surface area contributed by atoms with Crippen LogP contribution in [0.1, 0.15) is 95.7 Å². The zero-order valence-electron chi connectivity index (χ0n) is 29.5. The molecule has 2 aromatic rings. The lowest BCUT2D eigenvalue weighted by atomic mass is 9.75. The molecule has 9 nitrogen and oxygen atoms in total. The normalized spacial score (nSPS) is 26.8. The average Bonchev–Trinajstić information content (AvgIpc) is 3.27. The van der Waals surface area contributed by atoms with Crippen molar-refractivity contribution in [1.29, 1.82) is 0 Å². The van der Waals surface area contributed by atoms with Gasteiger partial charge in [-0.3, -0.25) is 14.5 Å². The topological polar surface area (TPSA) is 101 Å². The summed E-state index contributed by atoms with van der Waals surface area (Å²) in [6.45, 7) is 10.9. The summed E-state index contributed by atoms with van der Waals surface area (Å²) in [6, 6.07) is 7.20. The Morgan fingerprint density at radius 3 is 2.49 bits per heavy atom. The van der Waals surface area contributed by atoms with Crippen LogP contribution in [0.5, 0.6) is 5.75 Å². The van der Waals surface area contributed by atoms with Gasteiger partial charge in [-0.05, 0) is 85.8 Å². The molecule has 1 aromatic heterocycles. The standard InChI is InChI=1S/C39H50N4O5S/c1-22(2)18-41-19-26-16-25(41)20-42(26)39(45)29-13-9-12-28-34(29)32-17-30-33(48-5)15-14-27(24-10-7-6-8-11-24)37(30)43(32)21-31-35(28)36(31)38(44)40-49(46,47)23(3)4/h9,12,14-15,17,22-26,29,34H,6-8,10-11,13,16,18-21H2,1-5H3,(H,40,44)/t25-,26-,29+,34?/m0/s1. The molecule has 1 N–H and O–H groups in total. The first-order chi connectivity index (χ1) is 23.5. The van der Waals surface area contributed by atoms with Crippen LogP contribution in [0, 0.1) is 11.8 Å². The SMILES string of the molecule is COc1ccc(C2CCCCC2)c2c1cc1n2CC2=C(C(=O)NS(=O)(=O)C(C)C)C2=C2C=CC[C@@H](C(=O)N3C[C@@H]4C[C@H]3CN4CC(C)C)C21. The van der Waals surface area contributed by atoms with Crippen LogP contribution in [0.2, 0.25) is 0 Å². The van der Waals surface area contributed by atoms with Crippen LogP contribution in [0.3, 0.4) is 0 Å². The molecule has 1 unspecified atom stereocenters. The highest BCUT2D eigenvalue weighted by Gasteiger charge is 2.51. The molecule has 8 rings (SSSR count). The van der Waals surface area contributed by atoms with E-state index in [1.807, 2.05) is 0 Å². The lowest BCUT2D eigenvalue weighted by Crippen LogP contribution is -2.51. The maximum absolute atomic E-state index is 14.8. The summed E-state index contributed by atoms with van der Waals surface area (Å²) >= 11 is 0. The molecule has 4 atom stereocenters. The number of ether oxygens (including phenoxy) is 1. The van der Waals surface area contributed by atoms with Crippen molar-refractivity contribution in [3.63, 3.8) is 0 Å². The second-order valence-corrected chi connectivity index (χ2v) is 18.2. The van der Waals surface area contributed by atoms with E-state index in [2.05, 4.69) is 63.3 Å². The molecule has 4 heterocycles. The number of fused-ring (bicyclic) bond motifs is 8. The van der Waals surface area contributed by atoms with Crippen LogP contribution in [0.25, 0.3) is 10.9 Å². The van der Waals surface area contributed by atoms with Crippen molar-refractivity contribution in [1.82, 2.24) is 19.1 Å². The largest absolute Gasteiger partial charge is 0.496 e. The molecule has 262 valence electrons. The summed E-state index contributed by atoms with van der Waals surface area (Å²) in [5.41, 5.74) is 6.63. The van der Waals surface area contributed by atoms with Crippen molar-refractivity contribution in [2.24, 2.45) is 11.8 Å². The second-order valence-electron chi connectivity index (χ2n) is 15.9. The Kier molecular flexibility index (Phi) is 8.13. The highest BCUT2D eigenvalue weighted by Crippen LogP contribution is 2.55. The lowest BCUT2D eigenvalue weighted by Gasteiger charge is -2.39. The van der Waals surface area contributed by atoms with Gasteiger partial charge in [0.05, 0.1) is 29.4 Å². The third-order valence-electron chi connectivity index (χ3n) is 12.1. The number of sulfonamides is 1. The smallest absolute Gasteiger partial charge is 0.265 e. The fourth-order valence-electron chi connectivity index (χ4n) is 9.73. The van der Waals surface area contributed by atoms with Crippen LogP contribution >= 0.6 is 0 Å². The van der Waals surface area contributed by atoms with Gasteiger partial charge in [-0.25, -0.2) is 13.1 Å². The molecule has 2 amide bonds. The maximum Gasteiger partial charge on any atom is 0.265 e. The first-order valence-corrected chi connectivity index (χ1v) is 20.0. The number of carbonyl (C=O) groups is 2. The minimum Gasteiger partial charge on any atom is -0.496 e. The summed E-state index contributed by atoms with van der Waals surface area (Å²) in [6.07, 6.45) is 11.8. The number of benzene rings is 1. The number of amides is 2. The quantitative estimate of drug-likeness (QED) is 0.379. The molecule has 1 saturated carbocycles. The van der Waals surface area contributed by atoms with Crippen LogP contribution < -0.4 is 9.46 Å². The number of hydrogen-bond donors (Lipinski definition) is 1. The molecule has 10 heteroatoms. The molecule has 3 fully saturated rings. The first-order valence-electron chi connectivity index (χ1n) is 18.4. The van der Waals surface area contributed by atoms with Crippen LogP contribution in [0.15, 0.2) is 52.6 Å². The van der Waals surface area contributed by atoms with E-state index in [0.717, 1.165) is 78.0 Å². The van der Waals surface area contributed by atoms with Crippen molar-refractivity contribution >= 4 is 32.7 Å². The van der Waals surface area contributed by atoms with Gasteiger partial charge in [0.2, 0.25) is 15.9 Å². The van der Waals surface area contributed by atoms with Crippen LogP contribution in [0.4, 0.5) is 0 Å². The predicted octanol–water partition coefficient (Wildman–Crippen LogP) is 5.77. The molecule has 3 aliphatic heterocycles. The lowest BCUT2D eigenvalue weighted by molar-refractivity contribution is -0.138. The van der Waals surface area contributed by atoms with Gasteiger partial charge in [0.1, 0.15) is 5.75 Å². The molecule has 2 bridgehead atoms. The molecular weight excluding hydrogens is 637 g/mol. The zero-order valence-corrected chi connectivity index (χ0v) is 30.3. The maximum atomic E-state index is 14.8. The molecule has 0 radical (unpaired) electrons. The Balaban J connectivity index is 1.25. The van der Waals surface area contributed by atoms with Gasteiger partial charge in [-0.15, -0.1) is 0 Å². The number of nitrogens with one attached hydrogen (secondary N) is 1. The highest BCUT2D eigenvalue weighted by molar-refractivity contribution is 7.90. The van der Waals surface area contributed by atoms with Crippen molar-refractivity contribution in [3.05, 3.63) is 63.9 Å². The van der Waals surface area contributed by atoms with Gasteiger partial charge in [-0.1, -0.05) is 51.3 Å². The van der Waals surface area contributed by atoms with E-state index in [1.54, 1.807) is 21.0 Å². The van der Waals surface area contributed by atoms with Gasteiger partial charge < -0.3 is 14.2 Å². The molecule has 2 saturated heterocycles. The number of likely N-dealkylation sites (tertiary alicyclic amines) is 2. The number of methoxy groups -OCH3 is 1. The number of rotatable bonds is 8. The number of nitrogens with zero attached hydrogens (tertiary/aromatic N) is 3. The van der Waals surface area contributed by atoms with E-state index in [9.17, 15) is 18.0 Å². The summed E-state index contributed by atoms with van der Waals surface area (Å²) in [5.74, 6) is 0.869. The molecular formula is C39H50N4O5S. The summed E-state index contributed by atoms with van der Waals surface area (Å²) in [4.78, 5) is 33.2. The molecule has 0 spiro atoms. The monoisotopic (exact) mass is 686 g/mol. The molecule has 1 aromatic carbocycles. The predicted molar refractivity (Wildman–Crippen MR) is 191 cm³/mol. The summed E-state index contributed by atoms with van der Waals surface area (Å²) in [5, 5.41) is 0.314. The van der Waals surface area contributed by atoms with Crippen molar-refractivity contribution < 1.29 is 22.7 Å². The fourth-order valence-corrected chi connectivity index (χ4v) is 10.3. The Hall–Kier alpha value is -3.37. The average molecular weight is 687 g/mol. The van der Waals surface area contributed by atoms with Gasteiger partial charge in [-0.2, -0.15) is 0 Å². The number of aromatic nitrogens is 1. The molecule has 3 aliphatic carbocycles. The Morgan fingerprint density at radius 2 is 1.82 bits per heavy atom. The third-order valence-corrected chi connectivity index (χ3v) is 13.8. The van der Waals surface area contributed by atoms with E-state index < -0.39 is 21.2 Å². The summed E-state index contributed by atoms with van der Waals surface area (Å²) in [7, 11) is -2.10. The minimum absolute atomic E-state index is 0.193. The van der Waals surface area contributed by atoms with Crippen LogP contribution in [-0.4, -0.2) is 78.7 Å². The Bertz CT molecular complexity index is 1930. The Labute approximate surface area is 290 Å². The minimum atomic E-state index is -3.81. The van der Waals surface area contributed by atoms with Gasteiger partial charge in [0.25, 0.3) is 5.91 Å². The van der Waals surface area contributed by atoms with Gasteiger partial charge in [0.15, 0.2) is 0 Å².